The maximum absolute atomic E-state index is 12.1. The third-order valence-corrected chi connectivity index (χ3v) is 3.75. The predicted molar refractivity (Wildman–Crippen MR) is 77.1 cm³/mol. The number of benzene rings is 1. The molecule has 1 heterocycles. The Kier molecular flexibility index (Phi) is 4.74. The molecule has 5 heteroatoms. The second-order valence-corrected chi connectivity index (χ2v) is 5.28. The van der Waals surface area contributed by atoms with E-state index in [0.717, 1.165) is 6.42 Å². The molecular weight excluding hydrogens is 254 g/mol. The molecular formula is C15H21N3O2. The van der Waals surface area contributed by atoms with Gasteiger partial charge in [-0.1, -0.05) is 18.2 Å². The van der Waals surface area contributed by atoms with Gasteiger partial charge in [0.2, 0.25) is 5.91 Å². The lowest BCUT2D eigenvalue weighted by atomic mass is 10.1. The molecule has 1 aromatic rings. The Morgan fingerprint density at radius 1 is 1.35 bits per heavy atom. The van der Waals surface area contributed by atoms with Crippen molar-refractivity contribution in [2.24, 2.45) is 11.7 Å². The summed E-state index contributed by atoms with van der Waals surface area (Å²) in [6.45, 7) is 3.35. The van der Waals surface area contributed by atoms with Gasteiger partial charge >= 0.3 is 0 Å². The average molecular weight is 275 g/mol. The molecule has 2 rings (SSSR count). The van der Waals surface area contributed by atoms with E-state index in [2.05, 4.69) is 5.32 Å². The fourth-order valence-corrected chi connectivity index (χ4v) is 2.61. The van der Waals surface area contributed by atoms with Crippen LogP contribution in [0.1, 0.15) is 23.7 Å². The minimum Gasteiger partial charge on any atom is -0.343 e. The molecule has 0 bridgehead atoms. The molecule has 1 aliphatic heterocycles. The second-order valence-electron chi connectivity index (χ2n) is 5.28. The Morgan fingerprint density at radius 2 is 2.05 bits per heavy atom. The van der Waals surface area contributed by atoms with Gasteiger partial charge in [0.15, 0.2) is 0 Å². The van der Waals surface area contributed by atoms with E-state index >= 15 is 0 Å². The third-order valence-electron chi connectivity index (χ3n) is 3.75. The highest BCUT2D eigenvalue weighted by Gasteiger charge is 2.31. The highest BCUT2D eigenvalue weighted by atomic mass is 16.2. The van der Waals surface area contributed by atoms with E-state index in [-0.39, 0.29) is 24.4 Å². The lowest BCUT2D eigenvalue weighted by Gasteiger charge is -2.21. The van der Waals surface area contributed by atoms with Crippen LogP contribution in [-0.4, -0.2) is 42.4 Å². The fourth-order valence-electron chi connectivity index (χ4n) is 2.61. The predicted octanol–water partition coefficient (Wildman–Crippen LogP) is 0.612. The number of likely N-dealkylation sites (tertiary alicyclic amines) is 1. The summed E-state index contributed by atoms with van der Waals surface area (Å²) >= 11 is 0. The van der Waals surface area contributed by atoms with Crippen molar-refractivity contribution >= 4 is 11.8 Å². The van der Waals surface area contributed by atoms with Crippen molar-refractivity contribution < 1.29 is 9.59 Å². The number of nitrogens with zero attached hydrogens (tertiary/aromatic N) is 1. The average Bonchev–Trinajstić information content (AvgIpc) is 2.86. The van der Waals surface area contributed by atoms with Gasteiger partial charge in [-0.05, 0) is 37.9 Å². The van der Waals surface area contributed by atoms with Crippen LogP contribution < -0.4 is 11.1 Å². The molecule has 1 fully saturated rings. The van der Waals surface area contributed by atoms with Crippen LogP contribution in [0.2, 0.25) is 0 Å². The maximum atomic E-state index is 12.1. The minimum absolute atomic E-state index is 0.0371. The van der Waals surface area contributed by atoms with Crippen LogP contribution in [0.15, 0.2) is 30.3 Å². The molecule has 1 saturated heterocycles. The largest absolute Gasteiger partial charge is 0.343 e. The van der Waals surface area contributed by atoms with E-state index in [9.17, 15) is 9.59 Å². The fraction of sp³-hybridized carbons (Fsp3) is 0.467. The van der Waals surface area contributed by atoms with Gasteiger partial charge in [0.1, 0.15) is 0 Å². The van der Waals surface area contributed by atoms with Crippen molar-refractivity contribution in [1.29, 1.82) is 0 Å². The first-order chi connectivity index (χ1) is 9.61. The van der Waals surface area contributed by atoms with Gasteiger partial charge in [-0.15, -0.1) is 0 Å². The van der Waals surface area contributed by atoms with Gasteiger partial charge in [0.25, 0.3) is 5.91 Å². The van der Waals surface area contributed by atoms with E-state index in [1.807, 2.05) is 17.9 Å². The number of carbonyl (C=O) groups is 2. The summed E-state index contributed by atoms with van der Waals surface area (Å²) in [5, 5.41) is 2.67. The second kappa shape index (κ2) is 6.52. The summed E-state index contributed by atoms with van der Waals surface area (Å²) in [6, 6.07) is 9.09. The molecule has 1 aliphatic rings. The first-order valence-corrected chi connectivity index (χ1v) is 6.94. The van der Waals surface area contributed by atoms with Crippen LogP contribution in [0.25, 0.3) is 0 Å². The van der Waals surface area contributed by atoms with E-state index in [4.69, 9.17) is 5.73 Å². The summed E-state index contributed by atoms with van der Waals surface area (Å²) in [5.74, 6) is 0.109. The lowest BCUT2D eigenvalue weighted by Crippen LogP contribution is -2.42. The molecule has 3 N–H and O–H groups in total. The normalized spacial score (nSPS) is 21.8. The Morgan fingerprint density at radius 3 is 2.65 bits per heavy atom. The number of hydrogen-bond donors (Lipinski definition) is 2. The SMILES string of the molecule is CC1CC(CN)CN1C(=O)CNC(=O)c1ccccc1. The molecule has 0 saturated carbocycles. The molecule has 0 spiro atoms. The van der Waals surface area contributed by atoms with E-state index < -0.39 is 0 Å². The zero-order chi connectivity index (χ0) is 14.5. The Bertz CT molecular complexity index is 475. The standard InChI is InChI=1S/C15H21N3O2/c1-11-7-12(8-16)10-18(11)14(19)9-17-15(20)13-5-3-2-4-6-13/h2-6,11-12H,7-10,16H2,1H3,(H,17,20). The van der Waals surface area contributed by atoms with Crippen molar-refractivity contribution in [2.75, 3.05) is 19.6 Å². The quantitative estimate of drug-likeness (QED) is 0.845. The highest BCUT2D eigenvalue weighted by Crippen LogP contribution is 2.21. The van der Waals surface area contributed by atoms with Crippen LogP contribution in [0.5, 0.6) is 0 Å². The van der Waals surface area contributed by atoms with Gasteiger partial charge < -0.3 is 16.0 Å². The number of nitrogens with one attached hydrogen (secondary N) is 1. The van der Waals surface area contributed by atoms with Crippen molar-refractivity contribution in [3.63, 3.8) is 0 Å². The Hall–Kier alpha value is -1.88. The molecule has 20 heavy (non-hydrogen) atoms. The van der Waals surface area contributed by atoms with Crippen LogP contribution >= 0.6 is 0 Å². The maximum Gasteiger partial charge on any atom is 0.251 e. The highest BCUT2D eigenvalue weighted by molar-refractivity contribution is 5.96. The zero-order valence-corrected chi connectivity index (χ0v) is 11.7. The van der Waals surface area contributed by atoms with Gasteiger partial charge in [-0.2, -0.15) is 0 Å². The summed E-state index contributed by atoms with van der Waals surface area (Å²) < 4.78 is 0. The van der Waals surface area contributed by atoms with Crippen molar-refractivity contribution in [3.8, 4) is 0 Å². The first-order valence-electron chi connectivity index (χ1n) is 6.94. The molecule has 2 amide bonds. The molecule has 5 nitrogen and oxygen atoms in total. The number of nitrogens with two attached hydrogens (primary N) is 1. The Balaban J connectivity index is 1.85. The molecule has 0 aliphatic carbocycles. The number of hydrogen-bond acceptors (Lipinski definition) is 3. The Labute approximate surface area is 119 Å². The van der Waals surface area contributed by atoms with Crippen LogP contribution in [0, 0.1) is 5.92 Å². The van der Waals surface area contributed by atoms with Crippen LogP contribution in [0.4, 0.5) is 0 Å². The van der Waals surface area contributed by atoms with E-state index in [0.29, 0.717) is 24.6 Å². The number of rotatable bonds is 4. The molecule has 108 valence electrons. The molecule has 0 aromatic heterocycles. The van der Waals surface area contributed by atoms with Gasteiger partial charge in [0.05, 0.1) is 6.54 Å². The lowest BCUT2D eigenvalue weighted by molar-refractivity contribution is -0.130. The molecule has 1 aromatic carbocycles. The van der Waals surface area contributed by atoms with E-state index in [1.165, 1.54) is 0 Å². The van der Waals surface area contributed by atoms with Gasteiger partial charge in [-0.25, -0.2) is 0 Å². The van der Waals surface area contributed by atoms with Crippen molar-refractivity contribution in [2.45, 2.75) is 19.4 Å². The smallest absolute Gasteiger partial charge is 0.251 e. The number of amides is 2. The van der Waals surface area contributed by atoms with Gasteiger partial charge in [-0.3, -0.25) is 9.59 Å². The summed E-state index contributed by atoms with van der Waals surface area (Å²) in [6.07, 6.45) is 0.939. The van der Waals surface area contributed by atoms with E-state index in [1.54, 1.807) is 24.3 Å². The topological polar surface area (TPSA) is 75.4 Å². The zero-order valence-electron chi connectivity index (χ0n) is 11.7. The monoisotopic (exact) mass is 275 g/mol. The summed E-state index contributed by atoms with van der Waals surface area (Å²) in [7, 11) is 0. The molecule has 0 radical (unpaired) electrons. The summed E-state index contributed by atoms with van der Waals surface area (Å²) in [5.41, 5.74) is 6.21. The minimum atomic E-state index is -0.221. The van der Waals surface area contributed by atoms with Crippen molar-refractivity contribution in [3.05, 3.63) is 35.9 Å². The number of carbonyl (C=O) groups excluding carboxylic acids is 2. The first kappa shape index (κ1) is 14.5. The third kappa shape index (κ3) is 3.36. The molecule has 2 unspecified atom stereocenters. The van der Waals surface area contributed by atoms with Crippen LogP contribution in [0.3, 0.4) is 0 Å². The summed E-state index contributed by atoms with van der Waals surface area (Å²) in [4.78, 5) is 25.8. The van der Waals surface area contributed by atoms with Crippen molar-refractivity contribution in [1.82, 2.24) is 10.2 Å². The van der Waals surface area contributed by atoms with Gasteiger partial charge in [0, 0.05) is 18.2 Å². The molecule has 2 atom stereocenters. The van der Waals surface area contributed by atoms with Crippen LogP contribution in [-0.2, 0) is 4.79 Å².